The maximum atomic E-state index is 13.0. The van der Waals surface area contributed by atoms with Crippen LogP contribution in [0.1, 0.15) is 19.3 Å². The zero-order valence-corrected chi connectivity index (χ0v) is 19.3. The van der Waals surface area contributed by atoms with Crippen LogP contribution in [0.25, 0.3) is 0 Å². The first-order chi connectivity index (χ1) is 15.1. The van der Waals surface area contributed by atoms with Crippen molar-refractivity contribution in [3.05, 3.63) is 59.4 Å². The lowest BCUT2D eigenvalue weighted by molar-refractivity contribution is -0.0869. The van der Waals surface area contributed by atoms with Gasteiger partial charge < -0.3 is 9.84 Å². The van der Waals surface area contributed by atoms with Crippen LogP contribution < -0.4 is 9.44 Å². The molecule has 0 aromatic heterocycles. The first-order valence-corrected chi connectivity index (χ1v) is 13.3. The summed E-state index contributed by atoms with van der Waals surface area (Å²) in [6.07, 6.45) is 0.0132. The van der Waals surface area contributed by atoms with E-state index in [1.807, 2.05) is 0 Å². The van der Waals surface area contributed by atoms with Crippen LogP contribution in [0.2, 0.25) is 5.02 Å². The van der Waals surface area contributed by atoms with Gasteiger partial charge in [0.05, 0.1) is 34.8 Å². The lowest BCUT2D eigenvalue weighted by Crippen LogP contribution is -2.51. The van der Waals surface area contributed by atoms with Gasteiger partial charge in [0.1, 0.15) is 10.7 Å². The van der Waals surface area contributed by atoms with Crippen molar-refractivity contribution in [3.8, 4) is 0 Å². The van der Waals surface area contributed by atoms with Crippen molar-refractivity contribution in [2.24, 2.45) is 0 Å². The molecule has 0 aliphatic carbocycles. The van der Waals surface area contributed by atoms with E-state index in [0.717, 1.165) is 12.1 Å². The first kappa shape index (κ1) is 25.0. The molecule has 176 valence electrons. The Hall–Kier alpha value is -1.60. The highest BCUT2D eigenvalue weighted by molar-refractivity contribution is 7.89. The van der Waals surface area contributed by atoms with Crippen molar-refractivity contribution < 1.29 is 31.1 Å². The summed E-state index contributed by atoms with van der Waals surface area (Å²) in [7, 11) is -7.70. The second kappa shape index (κ2) is 10.6. The minimum atomic E-state index is -3.91. The maximum Gasteiger partial charge on any atom is 0.242 e. The third kappa shape index (κ3) is 6.25. The van der Waals surface area contributed by atoms with Gasteiger partial charge in [-0.2, -0.15) is 0 Å². The van der Waals surface area contributed by atoms with Crippen LogP contribution in [0.3, 0.4) is 0 Å². The molecule has 0 amide bonds. The first-order valence-electron chi connectivity index (χ1n) is 9.91. The normalized spacial score (nSPS) is 22.0. The quantitative estimate of drug-likeness (QED) is 0.478. The van der Waals surface area contributed by atoms with Crippen LogP contribution in [-0.2, 0) is 24.8 Å². The molecule has 3 atom stereocenters. The number of hydrogen-bond donors (Lipinski definition) is 3. The summed E-state index contributed by atoms with van der Waals surface area (Å²) in [6.45, 7) is -0.341. The highest BCUT2D eigenvalue weighted by atomic mass is 35.5. The van der Waals surface area contributed by atoms with Gasteiger partial charge in [-0.25, -0.2) is 30.7 Å². The van der Waals surface area contributed by atoms with Crippen LogP contribution >= 0.6 is 11.6 Å². The van der Waals surface area contributed by atoms with E-state index < -0.39 is 44.6 Å². The molecule has 1 aliphatic rings. The average Bonchev–Trinajstić information content (AvgIpc) is 2.75. The van der Waals surface area contributed by atoms with Gasteiger partial charge in [0.2, 0.25) is 20.0 Å². The van der Waals surface area contributed by atoms with Gasteiger partial charge in [-0.3, -0.25) is 0 Å². The van der Waals surface area contributed by atoms with Crippen molar-refractivity contribution in [1.29, 1.82) is 0 Å². The molecule has 12 heteroatoms. The number of aliphatic hydroxyl groups is 1. The minimum absolute atomic E-state index is 0.0502. The molecule has 1 fully saturated rings. The van der Waals surface area contributed by atoms with Crippen LogP contribution in [0.15, 0.2) is 58.3 Å². The van der Waals surface area contributed by atoms with Gasteiger partial charge in [-0.05, 0) is 55.7 Å². The smallest absolute Gasteiger partial charge is 0.242 e. The Morgan fingerprint density at radius 3 is 2.38 bits per heavy atom. The Morgan fingerprint density at radius 1 is 1.03 bits per heavy atom. The summed E-state index contributed by atoms with van der Waals surface area (Å²) >= 11 is 5.99. The molecule has 3 N–H and O–H groups in total. The van der Waals surface area contributed by atoms with E-state index in [1.54, 1.807) is 12.1 Å². The molecule has 8 nitrogen and oxygen atoms in total. The summed E-state index contributed by atoms with van der Waals surface area (Å²) in [4.78, 5) is -0.110. The second-order valence-corrected chi connectivity index (χ2v) is 11.2. The zero-order chi connectivity index (χ0) is 23.4. The largest absolute Gasteiger partial charge is 0.394 e. The fourth-order valence-corrected chi connectivity index (χ4v) is 6.32. The molecule has 0 radical (unpaired) electrons. The zero-order valence-electron chi connectivity index (χ0n) is 16.9. The van der Waals surface area contributed by atoms with Crippen molar-refractivity contribution >= 4 is 31.6 Å². The number of halogens is 2. The molecule has 0 spiro atoms. The topological polar surface area (TPSA) is 122 Å². The highest BCUT2D eigenvalue weighted by Gasteiger charge is 2.34. The molecular formula is C20H24ClFN2O6S2. The van der Waals surface area contributed by atoms with Gasteiger partial charge in [-0.1, -0.05) is 23.7 Å². The number of nitrogens with one attached hydrogen (secondary N) is 2. The second-order valence-electron chi connectivity index (χ2n) is 7.36. The number of sulfonamides is 2. The molecule has 32 heavy (non-hydrogen) atoms. The standard InChI is InChI=1S/C20H24ClFN2O6S2/c21-17-3-1-2-4-20(17)32(28,29)24-18-10-7-15(30-19(18)13-25)11-12-23-31(26,27)16-8-5-14(22)6-9-16/h1-6,8-9,15,18-19,23-25H,7,10-13H2/t15-,18+,19+/m0/s1. The van der Waals surface area contributed by atoms with E-state index in [0.29, 0.717) is 19.3 Å². The van der Waals surface area contributed by atoms with E-state index in [4.69, 9.17) is 16.3 Å². The molecule has 1 aliphatic heterocycles. The molecule has 0 saturated carbocycles. The van der Waals surface area contributed by atoms with E-state index in [2.05, 4.69) is 9.44 Å². The molecule has 3 rings (SSSR count). The maximum absolute atomic E-state index is 13.0. The average molecular weight is 507 g/mol. The Balaban J connectivity index is 1.55. The lowest BCUT2D eigenvalue weighted by atomic mass is 9.98. The summed E-state index contributed by atoms with van der Waals surface area (Å²) in [5.41, 5.74) is 0. The Morgan fingerprint density at radius 2 is 1.72 bits per heavy atom. The van der Waals surface area contributed by atoms with Crippen molar-refractivity contribution in [2.75, 3.05) is 13.2 Å². The van der Waals surface area contributed by atoms with Gasteiger partial charge >= 0.3 is 0 Å². The summed E-state index contributed by atoms with van der Waals surface area (Å²) in [5.74, 6) is -0.533. The molecule has 0 bridgehead atoms. The molecule has 1 heterocycles. The van der Waals surface area contributed by atoms with Crippen LogP contribution in [0.4, 0.5) is 4.39 Å². The van der Waals surface area contributed by atoms with E-state index in [9.17, 15) is 26.3 Å². The fourth-order valence-electron chi connectivity index (χ4n) is 3.46. The minimum Gasteiger partial charge on any atom is -0.394 e. The van der Waals surface area contributed by atoms with Gasteiger partial charge in [0.15, 0.2) is 0 Å². The molecule has 1 saturated heterocycles. The number of hydrogen-bond acceptors (Lipinski definition) is 6. The molecular weight excluding hydrogens is 483 g/mol. The van der Waals surface area contributed by atoms with Crippen LogP contribution in [0.5, 0.6) is 0 Å². The monoisotopic (exact) mass is 506 g/mol. The predicted octanol–water partition coefficient (Wildman–Crippen LogP) is 2.03. The predicted molar refractivity (Wildman–Crippen MR) is 117 cm³/mol. The van der Waals surface area contributed by atoms with Gasteiger partial charge in [-0.15, -0.1) is 0 Å². The number of benzene rings is 2. The van der Waals surface area contributed by atoms with Crippen LogP contribution in [0, 0.1) is 5.82 Å². The molecule has 0 unspecified atom stereocenters. The Kier molecular flexibility index (Phi) is 8.26. The molecule has 2 aromatic rings. The Bertz CT molecular complexity index is 1130. The van der Waals surface area contributed by atoms with E-state index in [-0.39, 0.29) is 27.5 Å². The molecule has 2 aromatic carbocycles. The van der Waals surface area contributed by atoms with Crippen LogP contribution in [-0.4, -0.2) is 53.3 Å². The summed E-state index contributed by atoms with van der Waals surface area (Å²) < 4.78 is 73.7. The highest BCUT2D eigenvalue weighted by Crippen LogP contribution is 2.25. The summed E-state index contributed by atoms with van der Waals surface area (Å²) in [5, 5.41) is 9.79. The Labute approximate surface area is 191 Å². The third-order valence-electron chi connectivity index (χ3n) is 5.11. The summed E-state index contributed by atoms with van der Waals surface area (Å²) in [6, 6.07) is 9.86. The van der Waals surface area contributed by atoms with Gasteiger partial charge in [0.25, 0.3) is 0 Å². The van der Waals surface area contributed by atoms with Crippen molar-refractivity contribution in [2.45, 2.75) is 47.3 Å². The number of aliphatic hydroxyl groups excluding tert-OH is 1. The van der Waals surface area contributed by atoms with Gasteiger partial charge in [0, 0.05) is 6.54 Å². The SMILES string of the molecule is O=S(=O)(NCC[C@@H]1CC[C@@H](NS(=O)(=O)c2ccccc2Cl)[C@@H](CO)O1)c1ccc(F)cc1. The fraction of sp³-hybridized carbons (Fsp3) is 0.400. The lowest BCUT2D eigenvalue weighted by Gasteiger charge is -2.36. The number of ether oxygens (including phenoxy) is 1. The number of rotatable bonds is 9. The van der Waals surface area contributed by atoms with Crippen molar-refractivity contribution in [1.82, 2.24) is 9.44 Å². The van der Waals surface area contributed by atoms with Crippen molar-refractivity contribution in [3.63, 3.8) is 0 Å². The van der Waals surface area contributed by atoms with E-state index in [1.165, 1.54) is 24.3 Å². The van der Waals surface area contributed by atoms with E-state index >= 15 is 0 Å². The third-order valence-corrected chi connectivity index (χ3v) is 8.58.